The van der Waals surface area contributed by atoms with Gasteiger partial charge in [0.05, 0.1) is 12.1 Å². The first kappa shape index (κ1) is 15.1. The highest BCUT2D eigenvalue weighted by atomic mass is 35.5. The van der Waals surface area contributed by atoms with Crippen molar-refractivity contribution in [2.45, 2.75) is 6.04 Å². The third-order valence-electron chi connectivity index (χ3n) is 2.96. The summed E-state index contributed by atoms with van der Waals surface area (Å²) in [4.78, 5) is 11.6. The summed E-state index contributed by atoms with van der Waals surface area (Å²) in [5.41, 5.74) is 6.04. The molecule has 0 heterocycles. The van der Waals surface area contributed by atoms with Crippen molar-refractivity contribution >= 4 is 23.2 Å². The van der Waals surface area contributed by atoms with E-state index >= 15 is 0 Å². The Morgan fingerprint density at radius 1 is 1.33 bits per heavy atom. The summed E-state index contributed by atoms with van der Waals surface area (Å²) in [5, 5.41) is 2.82. The molecule has 0 bridgehead atoms. The second-order valence-electron chi connectivity index (χ2n) is 4.35. The van der Waals surface area contributed by atoms with E-state index < -0.39 is 17.8 Å². The van der Waals surface area contributed by atoms with E-state index in [-0.39, 0.29) is 10.6 Å². The molecule has 0 aliphatic carbocycles. The Hall–Kier alpha value is -2.27. The van der Waals surface area contributed by atoms with Gasteiger partial charge in [0.15, 0.2) is 0 Å². The molecule has 3 N–H and O–H groups in total. The molecule has 1 unspecified atom stereocenters. The van der Waals surface area contributed by atoms with Crippen molar-refractivity contribution in [2.75, 3.05) is 12.4 Å². The summed E-state index contributed by atoms with van der Waals surface area (Å²) in [7, 11) is 1.53. The zero-order valence-electron chi connectivity index (χ0n) is 11.3. The van der Waals surface area contributed by atoms with Crippen LogP contribution in [-0.2, 0) is 4.79 Å². The minimum atomic E-state index is -1.03. The molecule has 1 amide bonds. The number of primary amides is 1. The highest BCUT2D eigenvalue weighted by Crippen LogP contribution is 2.27. The lowest BCUT2D eigenvalue weighted by Gasteiger charge is -2.18. The molecule has 0 aliphatic heterocycles. The van der Waals surface area contributed by atoms with Gasteiger partial charge in [-0.05, 0) is 18.2 Å². The molecule has 0 spiro atoms. The fourth-order valence-electron chi connectivity index (χ4n) is 1.93. The molecule has 0 aromatic heterocycles. The van der Waals surface area contributed by atoms with Crippen LogP contribution in [0.4, 0.5) is 10.1 Å². The van der Waals surface area contributed by atoms with Crippen molar-refractivity contribution < 1.29 is 13.9 Å². The van der Waals surface area contributed by atoms with Gasteiger partial charge in [-0.25, -0.2) is 4.39 Å². The smallest absolute Gasteiger partial charge is 0.244 e. The first-order valence-electron chi connectivity index (χ1n) is 6.16. The zero-order chi connectivity index (χ0) is 15.4. The molecule has 6 heteroatoms. The standard InChI is InChI=1S/C15H14ClFN2O2/c1-21-10-5-2-4-9(8-10)19-14(15(18)20)11-6-3-7-12(16)13(11)17/h2-8,14,19H,1H3,(H2,18,20). The highest BCUT2D eigenvalue weighted by molar-refractivity contribution is 6.30. The topological polar surface area (TPSA) is 64.3 Å². The predicted octanol–water partition coefficient (Wildman–Crippen LogP) is 3.13. The van der Waals surface area contributed by atoms with Crippen LogP contribution in [0.5, 0.6) is 5.75 Å². The largest absolute Gasteiger partial charge is 0.497 e. The number of nitrogens with two attached hydrogens (primary N) is 1. The van der Waals surface area contributed by atoms with Gasteiger partial charge in [-0.1, -0.05) is 29.8 Å². The molecule has 0 saturated carbocycles. The third kappa shape index (κ3) is 3.44. The minimum Gasteiger partial charge on any atom is -0.497 e. The van der Waals surface area contributed by atoms with Crippen LogP contribution in [0.15, 0.2) is 42.5 Å². The van der Waals surface area contributed by atoms with E-state index in [2.05, 4.69) is 5.32 Å². The van der Waals surface area contributed by atoms with Crippen LogP contribution in [-0.4, -0.2) is 13.0 Å². The normalized spacial score (nSPS) is 11.8. The quantitative estimate of drug-likeness (QED) is 0.892. The average molecular weight is 309 g/mol. The number of nitrogens with one attached hydrogen (secondary N) is 1. The third-order valence-corrected chi connectivity index (χ3v) is 3.25. The van der Waals surface area contributed by atoms with E-state index in [4.69, 9.17) is 22.1 Å². The van der Waals surface area contributed by atoms with Crippen LogP contribution < -0.4 is 15.8 Å². The molecule has 2 aromatic carbocycles. The zero-order valence-corrected chi connectivity index (χ0v) is 12.0. The van der Waals surface area contributed by atoms with Crippen molar-refractivity contribution in [3.05, 3.63) is 58.9 Å². The van der Waals surface area contributed by atoms with Crippen LogP contribution in [0.3, 0.4) is 0 Å². The van der Waals surface area contributed by atoms with E-state index in [1.165, 1.54) is 19.2 Å². The fourth-order valence-corrected chi connectivity index (χ4v) is 2.11. The van der Waals surface area contributed by atoms with Crippen molar-refractivity contribution in [2.24, 2.45) is 5.73 Å². The van der Waals surface area contributed by atoms with Gasteiger partial charge >= 0.3 is 0 Å². The van der Waals surface area contributed by atoms with E-state index in [1.807, 2.05) is 0 Å². The lowest BCUT2D eigenvalue weighted by atomic mass is 10.1. The number of anilines is 1. The molecule has 1 atom stereocenters. The van der Waals surface area contributed by atoms with Gasteiger partial charge < -0.3 is 15.8 Å². The number of methoxy groups -OCH3 is 1. The Kier molecular flexibility index (Phi) is 4.65. The summed E-state index contributed by atoms with van der Waals surface area (Å²) in [6.45, 7) is 0. The second-order valence-corrected chi connectivity index (χ2v) is 4.76. The molecule has 0 aliphatic rings. The van der Waals surface area contributed by atoms with E-state index in [1.54, 1.807) is 30.3 Å². The highest BCUT2D eigenvalue weighted by Gasteiger charge is 2.22. The molecular formula is C15H14ClFN2O2. The van der Waals surface area contributed by atoms with Crippen molar-refractivity contribution in [1.29, 1.82) is 0 Å². The first-order chi connectivity index (χ1) is 10.0. The van der Waals surface area contributed by atoms with E-state index in [0.29, 0.717) is 11.4 Å². The summed E-state index contributed by atoms with van der Waals surface area (Å²) < 4.78 is 19.1. The maximum atomic E-state index is 14.1. The molecule has 2 aromatic rings. The molecule has 21 heavy (non-hydrogen) atoms. The molecule has 0 radical (unpaired) electrons. The van der Waals surface area contributed by atoms with E-state index in [0.717, 1.165) is 0 Å². The average Bonchev–Trinajstić information content (AvgIpc) is 2.48. The van der Waals surface area contributed by atoms with Gasteiger partial charge in [0.25, 0.3) is 0 Å². The molecule has 0 saturated heterocycles. The fraction of sp³-hybridized carbons (Fsp3) is 0.133. The Balaban J connectivity index is 2.35. The number of ether oxygens (including phenoxy) is 1. The summed E-state index contributed by atoms with van der Waals surface area (Å²) in [6, 6.07) is 10.3. The van der Waals surface area contributed by atoms with Gasteiger partial charge in [-0.2, -0.15) is 0 Å². The number of halogens is 2. The Bertz CT molecular complexity index is 664. The number of hydrogen-bond donors (Lipinski definition) is 2. The van der Waals surface area contributed by atoms with Gasteiger partial charge in [-0.15, -0.1) is 0 Å². The molecule has 4 nitrogen and oxygen atoms in total. The van der Waals surface area contributed by atoms with Crippen LogP contribution >= 0.6 is 11.6 Å². The number of amides is 1. The van der Waals surface area contributed by atoms with Crippen LogP contribution in [0.1, 0.15) is 11.6 Å². The minimum absolute atomic E-state index is 0.0637. The summed E-state index contributed by atoms with van der Waals surface area (Å²) in [6.07, 6.45) is 0. The monoisotopic (exact) mass is 308 g/mol. The Morgan fingerprint density at radius 3 is 2.71 bits per heavy atom. The Labute approximate surface area is 126 Å². The van der Waals surface area contributed by atoms with Crippen LogP contribution in [0.25, 0.3) is 0 Å². The van der Waals surface area contributed by atoms with E-state index in [9.17, 15) is 9.18 Å². The molecular weight excluding hydrogens is 295 g/mol. The Morgan fingerprint density at radius 2 is 2.05 bits per heavy atom. The van der Waals surface area contributed by atoms with Gasteiger partial charge in [0.2, 0.25) is 5.91 Å². The number of benzene rings is 2. The number of rotatable bonds is 5. The van der Waals surface area contributed by atoms with Crippen LogP contribution in [0.2, 0.25) is 5.02 Å². The number of carbonyl (C=O) groups is 1. The maximum absolute atomic E-state index is 14.1. The summed E-state index contributed by atoms with van der Waals surface area (Å²) in [5.74, 6) is -0.771. The van der Waals surface area contributed by atoms with Crippen LogP contribution in [0, 0.1) is 5.82 Å². The molecule has 110 valence electrons. The van der Waals surface area contributed by atoms with Crippen molar-refractivity contribution in [3.63, 3.8) is 0 Å². The second kappa shape index (κ2) is 6.45. The maximum Gasteiger partial charge on any atom is 0.244 e. The summed E-state index contributed by atoms with van der Waals surface area (Å²) >= 11 is 5.74. The SMILES string of the molecule is COc1cccc(NC(C(N)=O)c2cccc(Cl)c2F)c1. The lowest BCUT2D eigenvalue weighted by molar-refractivity contribution is -0.118. The number of carbonyl (C=O) groups excluding carboxylic acids is 1. The van der Waals surface area contributed by atoms with Crippen molar-refractivity contribution in [1.82, 2.24) is 0 Å². The number of hydrogen-bond acceptors (Lipinski definition) is 3. The van der Waals surface area contributed by atoms with Gasteiger partial charge in [-0.3, -0.25) is 4.79 Å². The first-order valence-corrected chi connectivity index (χ1v) is 6.54. The van der Waals surface area contributed by atoms with Gasteiger partial charge in [0.1, 0.15) is 17.6 Å². The lowest BCUT2D eigenvalue weighted by Crippen LogP contribution is -2.28. The van der Waals surface area contributed by atoms with Gasteiger partial charge in [0, 0.05) is 17.3 Å². The molecule has 0 fully saturated rings. The van der Waals surface area contributed by atoms with Crippen molar-refractivity contribution in [3.8, 4) is 5.75 Å². The predicted molar refractivity (Wildman–Crippen MR) is 80.0 cm³/mol. The molecule has 2 rings (SSSR count).